The Labute approximate surface area is 221 Å². The first-order chi connectivity index (χ1) is 17.5. The van der Waals surface area contributed by atoms with Gasteiger partial charge in [0.25, 0.3) is 0 Å². The second kappa shape index (κ2) is 8.73. The minimum atomic E-state index is -2.05. The van der Waals surface area contributed by atoms with Gasteiger partial charge < -0.3 is 19.3 Å². The zero-order valence-corrected chi connectivity index (χ0v) is 22.7. The zero-order valence-electron chi connectivity index (χ0n) is 21.8. The van der Waals surface area contributed by atoms with Crippen molar-refractivity contribution in [2.75, 3.05) is 12.4 Å². The fourth-order valence-corrected chi connectivity index (χ4v) is 10.7. The molecule has 0 radical (unpaired) electrons. The van der Waals surface area contributed by atoms with Crippen LogP contribution in [0.25, 0.3) is 0 Å². The third kappa shape index (κ3) is 3.39. The fraction of sp³-hybridized carbons (Fsp3) is 0.857. The van der Waals surface area contributed by atoms with E-state index in [-0.39, 0.29) is 60.9 Å². The van der Waals surface area contributed by atoms with E-state index in [4.69, 9.17) is 14.2 Å². The van der Waals surface area contributed by atoms with Crippen molar-refractivity contribution < 1.29 is 37.7 Å². The third-order valence-electron chi connectivity index (χ3n) is 10.8. The molecular weight excluding hydrogens is 502 g/mol. The van der Waals surface area contributed by atoms with E-state index in [1.807, 2.05) is 6.92 Å². The molecule has 9 heteroatoms. The number of cyclic esters (lactones) is 1. The molecule has 0 aromatic carbocycles. The topological polar surface area (TPSA) is 82.1 Å². The zero-order chi connectivity index (χ0) is 26.4. The summed E-state index contributed by atoms with van der Waals surface area (Å²) >= 11 is 1.55. The molecule has 4 aliphatic carbocycles. The summed E-state index contributed by atoms with van der Waals surface area (Å²) in [5, 5.41) is 11.7. The van der Waals surface area contributed by atoms with Crippen molar-refractivity contribution in [2.24, 2.45) is 28.6 Å². The van der Waals surface area contributed by atoms with Crippen molar-refractivity contribution in [3.8, 4) is 0 Å². The first-order valence-corrected chi connectivity index (χ1v) is 14.9. The molecule has 6 aliphatic rings. The molecule has 11 atom stereocenters. The molecule has 2 saturated heterocycles. The molecule has 3 unspecified atom stereocenters. The SMILES string of the molecule is CCC[C@@H]1O[C@@H]2CC3C4C[C@H](F)C5=CC(=O)CC[C@]5(C)[C@@]4(F)[C@@H](O)C[C@]3(C)[C@]2(SCC2CCOC2=O)O1. The summed E-state index contributed by atoms with van der Waals surface area (Å²) in [5.74, 6) is -1.12. The smallest absolute Gasteiger partial charge is 0.309 e. The van der Waals surface area contributed by atoms with E-state index in [2.05, 4.69) is 6.92 Å². The first kappa shape index (κ1) is 26.2. The van der Waals surface area contributed by atoms with Gasteiger partial charge in [-0.2, -0.15) is 0 Å². The second-order valence-electron chi connectivity index (χ2n) is 12.5. The number of ether oxygens (including phenoxy) is 3. The molecule has 0 amide bonds. The van der Waals surface area contributed by atoms with Crippen LogP contribution in [0.3, 0.4) is 0 Å². The van der Waals surface area contributed by atoms with Gasteiger partial charge in [-0.1, -0.05) is 27.2 Å². The van der Waals surface area contributed by atoms with E-state index < -0.39 is 45.9 Å². The number of halogens is 2. The lowest BCUT2D eigenvalue weighted by Crippen LogP contribution is -2.70. The number of esters is 1. The Hall–Kier alpha value is -1.03. The fourth-order valence-electron chi connectivity index (χ4n) is 8.83. The van der Waals surface area contributed by atoms with Crippen LogP contribution in [0, 0.1) is 28.6 Å². The molecule has 0 spiro atoms. The molecule has 6 nitrogen and oxygen atoms in total. The summed E-state index contributed by atoms with van der Waals surface area (Å²) < 4.78 is 51.6. The van der Waals surface area contributed by atoms with Crippen molar-refractivity contribution in [3.63, 3.8) is 0 Å². The number of rotatable bonds is 5. The van der Waals surface area contributed by atoms with Gasteiger partial charge in [-0.3, -0.25) is 9.59 Å². The van der Waals surface area contributed by atoms with Crippen molar-refractivity contribution in [3.05, 3.63) is 11.6 Å². The molecule has 6 rings (SSSR count). The van der Waals surface area contributed by atoms with Crippen LogP contribution in [0.5, 0.6) is 0 Å². The molecule has 0 bridgehead atoms. The largest absolute Gasteiger partial charge is 0.465 e. The number of hydrogen-bond donors (Lipinski definition) is 1. The highest BCUT2D eigenvalue weighted by atomic mass is 32.2. The summed E-state index contributed by atoms with van der Waals surface area (Å²) in [6, 6.07) is 0. The molecular formula is C28H38F2O6S. The maximum absolute atomic E-state index is 17.5. The summed E-state index contributed by atoms with van der Waals surface area (Å²) in [7, 11) is 0. The summed E-state index contributed by atoms with van der Waals surface area (Å²) in [6.45, 7) is 6.22. The number of thioether (sulfide) groups is 1. The van der Waals surface area contributed by atoms with Gasteiger partial charge in [0.05, 0.1) is 24.7 Å². The Morgan fingerprint density at radius 3 is 2.70 bits per heavy atom. The monoisotopic (exact) mass is 540 g/mol. The average molecular weight is 541 g/mol. The van der Waals surface area contributed by atoms with Gasteiger partial charge >= 0.3 is 5.97 Å². The molecule has 0 aromatic heterocycles. The van der Waals surface area contributed by atoms with Gasteiger partial charge in [0.1, 0.15) is 16.8 Å². The Morgan fingerprint density at radius 1 is 1.22 bits per heavy atom. The lowest BCUT2D eigenvalue weighted by Gasteiger charge is -2.64. The normalized spacial score (nSPS) is 52.7. The van der Waals surface area contributed by atoms with E-state index in [0.717, 1.165) is 12.8 Å². The van der Waals surface area contributed by atoms with Gasteiger partial charge in [-0.25, -0.2) is 8.78 Å². The van der Waals surface area contributed by atoms with Crippen molar-refractivity contribution >= 4 is 23.5 Å². The van der Waals surface area contributed by atoms with Gasteiger partial charge in [-0.05, 0) is 56.1 Å². The lowest BCUT2D eigenvalue weighted by molar-refractivity contribution is -0.232. The number of carbonyl (C=O) groups is 2. The molecule has 3 saturated carbocycles. The molecule has 5 fully saturated rings. The Kier molecular flexibility index (Phi) is 6.19. The Morgan fingerprint density at radius 2 is 2.00 bits per heavy atom. The maximum atomic E-state index is 17.5. The van der Waals surface area contributed by atoms with Gasteiger partial charge in [-0.15, -0.1) is 11.8 Å². The van der Waals surface area contributed by atoms with Crippen molar-refractivity contribution in [1.29, 1.82) is 0 Å². The maximum Gasteiger partial charge on any atom is 0.309 e. The highest BCUT2D eigenvalue weighted by molar-refractivity contribution is 8.00. The number of hydrogen-bond acceptors (Lipinski definition) is 7. The minimum absolute atomic E-state index is 0.0661. The number of ketones is 1. The van der Waals surface area contributed by atoms with Crippen LogP contribution < -0.4 is 0 Å². The number of aliphatic hydroxyl groups excluding tert-OH is 1. The van der Waals surface area contributed by atoms with Crippen LogP contribution in [0.1, 0.15) is 72.1 Å². The standard InChI is InChI=1S/C28H38F2O6S/c1-4-5-23-35-22-12-17-18-11-20(29)19-10-16(31)6-8-25(19,2)27(18,30)21(32)13-26(17,3)28(22,36-23)37-14-15-7-9-34-24(15)33/h10,15,17-18,20-23,32H,4-9,11-14H2,1-3H3/t15?,17?,18?,20-,21-,22+,23+,25-,26-,27-,28-/m0/s1. The van der Waals surface area contributed by atoms with Crippen LogP contribution in [0.4, 0.5) is 8.78 Å². The summed E-state index contributed by atoms with van der Waals surface area (Å²) in [5.41, 5.74) is -3.76. The van der Waals surface area contributed by atoms with Crippen LogP contribution >= 0.6 is 11.8 Å². The van der Waals surface area contributed by atoms with Crippen molar-refractivity contribution in [1.82, 2.24) is 0 Å². The first-order valence-electron chi connectivity index (χ1n) is 13.9. The number of carbonyl (C=O) groups excluding carboxylic acids is 2. The molecule has 2 aliphatic heterocycles. The average Bonchev–Trinajstić information content (AvgIpc) is 3.48. The molecule has 0 aromatic rings. The highest BCUT2D eigenvalue weighted by Gasteiger charge is 2.78. The van der Waals surface area contributed by atoms with Crippen LogP contribution in [-0.4, -0.2) is 64.5 Å². The lowest BCUT2D eigenvalue weighted by atomic mass is 9.44. The molecule has 2 heterocycles. The third-order valence-corrected chi connectivity index (χ3v) is 12.6. The molecule has 206 valence electrons. The van der Waals surface area contributed by atoms with Crippen LogP contribution in [0.2, 0.25) is 0 Å². The number of fused-ring (bicyclic) bond motifs is 7. The predicted octanol–water partition coefficient (Wildman–Crippen LogP) is 4.67. The number of aliphatic hydroxyl groups is 1. The van der Waals surface area contributed by atoms with Gasteiger partial charge in [0, 0.05) is 28.9 Å². The van der Waals surface area contributed by atoms with E-state index in [9.17, 15) is 14.7 Å². The minimum Gasteiger partial charge on any atom is -0.465 e. The highest BCUT2D eigenvalue weighted by Crippen LogP contribution is 2.74. The van der Waals surface area contributed by atoms with Crippen LogP contribution in [0.15, 0.2) is 11.6 Å². The van der Waals surface area contributed by atoms with E-state index in [1.165, 1.54) is 6.08 Å². The number of allylic oxidation sites excluding steroid dienone is 1. The van der Waals surface area contributed by atoms with E-state index in [1.54, 1.807) is 18.7 Å². The van der Waals surface area contributed by atoms with Gasteiger partial charge in [0.2, 0.25) is 0 Å². The molecule has 1 N–H and O–H groups in total. The van der Waals surface area contributed by atoms with Gasteiger partial charge in [0.15, 0.2) is 12.1 Å². The summed E-state index contributed by atoms with van der Waals surface area (Å²) in [4.78, 5) is 23.5. The molecule has 37 heavy (non-hydrogen) atoms. The van der Waals surface area contributed by atoms with Crippen molar-refractivity contribution in [2.45, 2.75) is 107 Å². The number of alkyl halides is 2. The second-order valence-corrected chi connectivity index (χ2v) is 13.8. The Balaban J connectivity index is 1.38. The van der Waals surface area contributed by atoms with Crippen LogP contribution in [-0.2, 0) is 23.8 Å². The van der Waals surface area contributed by atoms with E-state index >= 15 is 8.78 Å². The van der Waals surface area contributed by atoms with E-state index in [0.29, 0.717) is 25.2 Å². The quantitative estimate of drug-likeness (QED) is 0.508. The predicted molar refractivity (Wildman–Crippen MR) is 133 cm³/mol. The summed E-state index contributed by atoms with van der Waals surface area (Å²) in [6.07, 6.45) is 1.00. The Bertz CT molecular complexity index is 1020.